The molecule has 10 heteroatoms. The molecule has 0 bridgehead atoms. The second-order valence-electron chi connectivity index (χ2n) is 5.93. The van der Waals surface area contributed by atoms with E-state index in [4.69, 9.17) is 4.74 Å². The molecule has 1 saturated heterocycles. The van der Waals surface area contributed by atoms with E-state index >= 15 is 0 Å². The molecule has 27 heavy (non-hydrogen) atoms. The number of amides is 1. The number of aromatic nitrogens is 6. The van der Waals surface area contributed by atoms with Crippen molar-refractivity contribution in [2.45, 2.75) is 6.54 Å². The molecule has 3 aromatic rings. The minimum Gasteiger partial charge on any atom is -0.378 e. The van der Waals surface area contributed by atoms with Crippen LogP contribution in [-0.4, -0.2) is 62.8 Å². The number of ether oxygens (including phenoxy) is 1. The van der Waals surface area contributed by atoms with Crippen molar-refractivity contribution >= 4 is 11.7 Å². The number of H-pyrrole nitrogens is 1. The fourth-order valence-corrected chi connectivity index (χ4v) is 2.87. The molecule has 2 aromatic heterocycles. The summed E-state index contributed by atoms with van der Waals surface area (Å²) < 4.78 is 5.36. The Morgan fingerprint density at radius 1 is 1.22 bits per heavy atom. The van der Waals surface area contributed by atoms with E-state index in [1.165, 1.54) is 6.33 Å². The van der Waals surface area contributed by atoms with Crippen molar-refractivity contribution in [1.29, 1.82) is 0 Å². The van der Waals surface area contributed by atoms with E-state index in [-0.39, 0.29) is 5.91 Å². The normalized spacial score (nSPS) is 14.1. The lowest BCUT2D eigenvalue weighted by Crippen LogP contribution is -2.37. The highest BCUT2D eigenvalue weighted by molar-refractivity contribution is 6.00. The van der Waals surface area contributed by atoms with Gasteiger partial charge in [0, 0.05) is 24.7 Å². The summed E-state index contributed by atoms with van der Waals surface area (Å²) in [5, 5.41) is 16.7. The fourth-order valence-electron chi connectivity index (χ4n) is 2.87. The van der Waals surface area contributed by atoms with Gasteiger partial charge < -0.3 is 15.0 Å². The van der Waals surface area contributed by atoms with E-state index in [0.29, 0.717) is 36.7 Å². The minimum absolute atomic E-state index is 0.234. The van der Waals surface area contributed by atoms with Gasteiger partial charge in [-0.15, -0.1) is 10.2 Å². The largest absolute Gasteiger partial charge is 0.378 e. The third kappa shape index (κ3) is 3.90. The maximum Gasteiger partial charge on any atom is 0.252 e. The monoisotopic (exact) mass is 366 g/mol. The molecule has 3 heterocycles. The Kier molecular flexibility index (Phi) is 4.97. The first kappa shape index (κ1) is 17.0. The lowest BCUT2D eigenvalue weighted by Gasteiger charge is -2.27. The van der Waals surface area contributed by atoms with Gasteiger partial charge in [-0.3, -0.25) is 4.79 Å². The summed E-state index contributed by atoms with van der Waals surface area (Å²) in [5.41, 5.74) is 1.82. The van der Waals surface area contributed by atoms with E-state index in [9.17, 15) is 4.79 Å². The Hall–Kier alpha value is -3.40. The van der Waals surface area contributed by atoms with Crippen LogP contribution in [0, 0.1) is 0 Å². The number of hydrogen-bond donors (Lipinski definition) is 2. The summed E-state index contributed by atoms with van der Waals surface area (Å²) >= 11 is 0. The highest BCUT2D eigenvalue weighted by atomic mass is 16.5. The number of anilines is 1. The zero-order chi connectivity index (χ0) is 18.5. The third-order valence-corrected chi connectivity index (χ3v) is 4.23. The highest BCUT2D eigenvalue weighted by Gasteiger charge is 2.16. The maximum absolute atomic E-state index is 12.7. The molecule has 1 aliphatic heterocycles. The van der Waals surface area contributed by atoms with Crippen molar-refractivity contribution < 1.29 is 9.53 Å². The van der Waals surface area contributed by atoms with Crippen LogP contribution in [0.3, 0.4) is 0 Å². The van der Waals surface area contributed by atoms with Gasteiger partial charge >= 0.3 is 0 Å². The summed E-state index contributed by atoms with van der Waals surface area (Å²) in [6.07, 6.45) is 1.51. The van der Waals surface area contributed by atoms with Crippen molar-refractivity contribution in [3.8, 4) is 11.4 Å². The molecular weight excluding hydrogens is 348 g/mol. The van der Waals surface area contributed by atoms with E-state index < -0.39 is 0 Å². The molecule has 4 rings (SSSR count). The Labute approximate surface area is 155 Å². The number of carbonyl (C=O) groups excluding carboxylic acids is 1. The number of hydrogen-bond acceptors (Lipinski definition) is 8. The summed E-state index contributed by atoms with van der Waals surface area (Å²) in [6, 6.07) is 9.00. The van der Waals surface area contributed by atoms with Crippen molar-refractivity contribution in [3.05, 3.63) is 47.9 Å². The number of morpholine rings is 1. The number of rotatable bonds is 5. The predicted octanol–water partition coefficient (Wildman–Crippen LogP) is 0.423. The second kappa shape index (κ2) is 7.87. The van der Waals surface area contributed by atoms with Gasteiger partial charge in [-0.25, -0.2) is 9.97 Å². The van der Waals surface area contributed by atoms with E-state index in [1.807, 2.05) is 12.1 Å². The van der Waals surface area contributed by atoms with Gasteiger partial charge in [0.25, 0.3) is 5.91 Å². The molecule has 10 nitrogen and oxygen atoms in total. The van der Waals surface area contributed by atoms with Gasteiger partial charge in [0.15, 0.2) is 0 Å². The second-order valence-corrected chi connectivity index (χ2v) is 5.93. The molecule has 2 N–H and O–H groups in total. The Bertz CT molecular complexity index is 909. The molecule has 0 spiro atoms. The molecule has 1 amide bonds. The smallest absolute Gasteiger partial charge is 0.252 e. The van der Waals surface area contributed by atoms with Crippen LogP contribution in [0.4, 0.5) is 5.82 Å². The van der Waals surface area contributed by atoms with Crippen LogP contribution in [0.5, 0.6) is 0 Å². The molecule has 1 aromatic carbocycles. The number of tetrazole rings is 1. The van der Waals surface area contributed by atoms with Crippen LogP contribution < -0.4 is 10.2 Å². The molecular formula is C17H18N8O2. The van der Waals surface area contributed by atoms with Gasteiger partial charge in [-0.2, -0.15) is 5.21 Å². The van der Waals surface area contributed by atoms with Crippen LogP contribution in [-0.2, 0) is 11.3 Å². The topological polar surface area (TPSA) is 122 Å². The fraction of sp³-hybridized carbons (Fsp3) is 0.294. The Morgan fingerprint density at radius 2 is 2.07 bits per heavy atom. The summed E-state index contributed by atoms with van der Waals surface area (Å²) in [7, 11) is 0. The van der Waals surface area contributed by atoms with Crippen molar-refractivity contribution in [2.75, 3.05) is 31.2 Å². The Morgan fingerprint density at radius 3 is 2.89 bits per heavy atom. The zero-order valence-electron chi connectivity index (χ0n) is 14.5. The van der Waals surface area contributed by atoms with Crippen LogP contribution in [0.2, 0.25) is 0 Å². The molecule has 0 radical (unpaired) electrons. The highest BCUT2D eigenvalue weighted by Crippen LogP contribution is 2.19. The average Bonchev–Trinajstić information content (AvgIpc) is 3.28. The number of aromatic amines is 1. The molecule has 138 valence electrons. The standard InChI is InChI=1S/C17H18N8O2/c26-17(14-4-2-1-3-13(14)16-21-23-24-22-16)18-10-12-9-15(20-11-19-12)25-5-7-27-8-6-25/h1-4,9,11H,5-8,10H2,(H,18,26)(H,21,22,23,24). The third-order valence-electron chi connectivity index (χ3n) is 4.23. The van der Waals surface area contributed by atoms with Crippen LogP contribution in [0.25, 0.3) is 11.4 Å². The van der Waals surface area contributed by atoms with Gasteiger partial charge in [0.1, 0.15) is 12.1 Å². The maximum atomic E-state index is 12.7. The van der Waals surface area contributed by atoms with Gasteiger partial charge in [0.05, 0.1) is 31.0 Å². The number of nitrogens with one attached hydrogen (secondary N) is 2. The number of benzene rings is 1. The molecule has 1 aliphatic rings. The van der Waals surface area contributed by atoms with Crippen molar-refractivity contribution in [2.24, 2.45) is 0 Å². The van der Waals surface area contributed by atoms with Crippen molar-refractivity contribution in [3.63, 3.8) is 0 Å². The Balaban J connectivity index is 1.46. The first-order chi connectivity index (χ1) is 13.3. The first-order valence-corrected chi connectivity index (χ1v) is 8.56. The van der Waals surface area contributed by atoms with Crippen LogP contribution in [0.1, 0.15) is 16.1 Å². The van der Waals surface area contributed by atoms with Crippen LogP contribution in [0.15, 0.2) is 36.7 Å². The molecule has 0 atom stereocenters. The summed E-state index contributed by atoms with van der Waals surface area (Å²) in [6.45, 7) is 3.24. The number of carbonyl (C=O) groups is 1. The average molecular weight is 366 g/mol. The van der Waals surface area contributed by atoms with Gasteiger partial charge in [0.2, 0.25) is 5.82 Å². The molecule has 0 aliphatic carbocycles. The molecule has 1 fully saturated rings. The van der Waals surface area contributed by atoms with E-state index in [0.717, 1.165) is 24.6 Å². The first-order valence-electron chi connectivity index (χ1n) is 8.56. The van der Waals surface area contributed by atoms with E-state index in [1.54, 1.807) is 18.2 Å². The molecule has 0 unspecified atom stereocenters. The predicted molar refractivity (Wildman–Crippen MR) is 95.8 cm³/mol. The minimum atomic E-state index is -0.234. The zero-order valence-corrected chi connectivity index (χ0v) is 14.5. The van der Waals surface area contributed by atoms with Gasteiger partial charge in [-0.1, -0.05) is 18.2 Å². The lowest BCUT2D eigenvalue weighted by atomic mass is 10.1. The number of nitrogens with zero attached hydrogens (tertiary/aromatic N) is 6. The van der Waals surface area contributed by atoms with Crippen molar-refractivity contribution in [1.82, 2.24) is 35.9 Å². The quantitative estimate of drug-likeness (QED) is 0.666. The van der Waals surface area contributed by atoms with Crippen LogP contribution >= 0.6 is 0 Å². The lowest BCUT2D eigenvalue weighted by molar-refractivity contribution is 0.0951. The summed E-state index contributed by atoms with van der Waals surface area (Å²) in [4.78, 5) is 23.4. The van der Waals surface area contributed by atoms with E-state index in [2.05, 4.69) is 40.8 Å². The van der Waals surface area contributed by atoms with Gasteiger partial charge in [-0.05, 0) is 11.3 Å². The SMILES string of the molecule is O=C(NCc1cc(N2CCOCC2)ncn1)c1ccccc1-c1nn[nH]n1. The summed E-state index contributed by atoms with van der Waals surface area (Å²) in [5.74, 6) is 0.976. The molecule has 0 saturated carbocycles.